The van der Waals surface area contributed by atoms with Crippen LogP contribution in [-0.2, 0) is 22.3 Å². The molecule has 184 valence electrons. The van der Waals surface area contributed by atoms with Gasteiger partial charge in [0.25, 0.3) is 0 Å². The molecule has 0 saturated heterocycles. The summed E-state index contributed by atoms with van der Waals surface area (Å²) in [6.07, 6.45) is 0.347. The summed E-state index contributed by atoms with van der Waals surface area (Å²) in [5, 5.41) is 6.99. The van der Waals surface area contributed by atoms with Gasteiger partial charge in [-0.3, -0.25) is 10.1 Å². The average molecular weight is 473 g/mol. The zero-order valence-electron chi connectivity index (χ0n) is 21.8. The number of rotatable bonds is 6. The third-order valence-electron chi connectivity index (χ3n) is 6.59. The number of fused-ring (bicyclic) bond motifs is 1. The van der Waals surface area contributed by atoms with E-state index in [-0.39, 0.29) is 17.0 Å². The standard InChI is InChI=1S/C30H36N2O3/c1-28(2,3)31-27(33)18-20-8-10-21(11-9-20)30(22-12-14-23(34-6)15-13-22)25-17-16-24(35-7)19-26(25)29(4,5)32-30/h8-17,19,32H,18H2,1-7H3,(H,31,33). The minimum atomic E-state index is -0.566. The maximum atomic E-state index is 12.5. The van der Waals surface area contributed by atoms with E-state index < -0.39 is 5.54 Å². The van der Waals surface area contributed by atoms with E-state index >= 15 is 0 Å². The second-order valence-corrected chi connectivity index (χ2v) is 10.8. The summed E-state index contributed by atoms with van der Waals surface area (Å²) in [7, 11) is 3.38. The van der Waals surface area contributed by atoms with Gasteiger partial charge >= 0.3 is 0 Å². The normalized spacial score (nSPS) is 18.6. The molecule has 0 fully saturated rings. The van der Waals surface area contributed by atoms with Crippen molar-refractivity contribution in [2.75, 3.05) is 14.2 Å². The molecule has 0 aliphatic carbocycles. The van der Waals surface area contributed by atoms with Gasteiger partial charge in [0.1, 0.15) is 11.5 Å². The molecule has 1 aliphatic rings. The molecule has 1 atom stereocenters. The van der Waals surface area contributed by atoms with E-state index in [2.05, 4.69) is 73.0 Å². The fourth-order valence-electron chi connectivity index (χ4n) is 5.08. The van der Waals surface area contributed by atoms with E-state index in [1.165, 1.54) is 11.1 Å². The van der Waals surface area contributed by atoms with Crippen molar-refractivity contribution in [3.63, 3.8) is 0 Å². The zero-order valence-corrected chi connectivity index (χ0v) is 21.8. The quantitative estimate of drug-likeness (QED) is 0.512. The zero-order chi connectivity index (χ0) is 25.4. The largest absolute Gasteiger partial charge is 0.497 e. The molecular formula is C30H36N2O3. The number of benzene rings is 3. The molecule has 3 aromatic carbocycles. The van der Waals surface area contributed by atoms with Gasteiger partial charge in [-0.15, -0.1) is 0 Å². The van der Waals surface area contributed by atoms with E-state index in [9.17, 15) is 4.79 Å². The van der Waals surface area contributed by atoms with Crippen molar-refractivity contribution >= 4 is 5.91 Å². The highest BCUT2D eigenvalue weighted by atomic mass is 16.5. The lowest BCUT2D eigenvalue weighted by Crippen LogP contribution is -2.46. The predicted molar refractivity (Wildman–Crippen MR) is 140 cm³/mol. The molecule has 5 nitrogen and oxygen atoms in total. The predicted octanol–water partition coefficient (Wildman–Crippen LogP) is 5.29. The number of amides is 1. The maximum absolute atomic E-state index is 12.5. The van der Waals surface area contributed by atoms with Gasteiger partial charge in [-0.25, -0.2) is 0 Å². The van der Waals surface area contributed by atoms with E-state index in [0.29, 0.717) is 6.42 Å². The van der Waals surface area contributed by atoms with Crippen LogP contribution in [0, 0.1) is 0 Å². The van der Waals surface area contributed by atoms with Gasteiger partial charge in [0.15, 0.2) is 0 Å². The van der Waals surface area contributed by atoms with Gasteiger partial charge in [-0.05, 0) is 86.7 Å². The summed E-state index contributed by atoms with van der Waals surface area (Å²) in [5.41, 5.74) is 4.48. The number of carbonyl (C=O) groups is 1. The van der Waals surface area contributed by atoms with Crippen molar-refractivity contribution < 1.29 is 14.3 Å². The Morgan fingerprint density at radius 3 is 1.91 bits per heavy atom. The molecule has 0 spiro atoms. The minimum Gasteiger partial charge on any atom is -0.497 e. The van der Waals surface area contributed by atoms with E-state index in [1.807, 2.05) is 39.0 Å². The summed E-state index contributed by atoms with van der Waals surface area (Å²) in [4.78, 5) is 12.5. The summed E-state index contributed by atoms with van der Waals surface area (Å²) < 4.78 is 11.0. The molecule has 3 aromatic rings. The van der Waals surface area contributed by atoms with Crippen LogP contribution in [0.25, 0.3) is 0 Å². The molecule has 0 saturated carbocycles. The van der Waals surface area contributed by atoms with Gasteiger partial charge in [-0.2, -0.15) is 0 Å². The molecule has 0 bridgehead atoms. The highest BCUT2D eigenvalue weighted by Crippen LogP contribution is 2.49. The van der Waals surface area contributed by atoms with Crippen LogP contribution in [0.2, 0.25) is 0 Å². The number of hydrogen-bond acceptors (Lipinski definition) is 4. The highest BCUT2D eigenvalue weighted by Gasteiger charge is 2.49. The third-order valence-corrected chi connectivity index (χ3v) is 6.59. The first-order chi connectivity index (χ1) is 16.5. The molecule has 1 aliphatic heterocycles. The second kappa shape index (κ2) is 9.04. The van der Waals surface area contributed by atoms with Crippen LogP contribution in [0.5, 0.6) is 11.5 Å². The van der Waals surface area contributed by atoms with Crippen molar-refractivity contribution in [2.45, 2.75) is 57.7 Å². The lowest BCUT2D eigenvalue weighted by atomic mass is 9.77. The lowest BCUT2D eigenvalue weighted by Gasteiger charge is -2.35. The fraction of sp³-hybridized carbons (Fsp3) is 0.367. The molecule has 1 unspecified atom stereocenters. The molecule has 0 aromatic heterocycles. The molecule has 1 heterocycles. The van der Waals surface area contributed by atoms with Gasteiger partial charge in [0, 0.05) is 11.1 Å². The van der Waals surface area contributed by atoms with Crippen LogP contribution < -0.4 is 20.1 Å². The Morgan fingerprint density at radius 1 is 0.829 bits per heavy atom. The number of nitrogens with one attached hydrogen (secondary N) is 2. The van der Waals surface area contributed by atoms with Gasteiger partial charge < -0.3 is 14.8 Å². The Bertz CT molecular complexity index is 1210. The van der Waals surface area contributed by atoms with Crippen LogP contribution in [-0.4, -0.2) is 25.7 Å². The fourth-order valence-corrected chi connectivity index (χ4v) is 5.08. The molecular weight excluding hydrogens is 436 g/mol. The monoisotopic (exact) mass is 472 g/mol. The summed E-state index contributed by atoms with van der Waals surface area (Å²) in [6.45, 7) is 10.4. The molecule has 35 heavy (non-hydrogen) atoms. The van der Waals surface area contributed by atoms with Crippen molar-refractivity contribution in [1.29, 1.82) is 0 Å². The molecule has 2 N–H and O–H groups in total. The Balaban J connectivity index is 1.81. The molecule has 4 rings (SSSR count). The topological polar surface area (TPSA) is 59.6 Å². The summed E-state index contributed by atoms with van der Waals surface area (Å²) >= 11 is 0. The van der Waals surface area contributed by atoms with E-state index in [1.54, 1.807) is 14.2 Å². The van der Waals surface area contributed by atoms with E-state index in [0.717, 1.165) is 28.2 Å². The van der Waals surface area contributed by atoms with Crippen LogP contribution in [0.3, 0.4) is 0 Å². The lowest BCUT2D eigenvalue weighted by molar-refractivity contribution is -0.121. The number of carbonyl (C=O) groups excluding carboxylic acids is 1. The second-order valence-electron chi connectivity index (χ2n) is 10.8. The summed E-state index contributed by atoms with van der Waals surface area (Å²) in [5.74, 6) is 1.67. The Kier molecular flexibility index (Phi) is 6.41. The van der Waals surface area contributed by atoms with Crippen LogP contribution in [0.15, 0.2) is 66.7 Å². The van der Waals surface area contributed by atoms with Gasteiger partial charge in [-0.1, -0.05) is 42.5 Å². The highest BCUT2D eigenvalue weighted by molar-refractivity contribution is 5.79. The van der Waals surface area contributed by atoms with Crippen molar-refractivity contribution in [2.24, 2.45) is 0 Å². The van der Waals surface area contributed by atoms with Crippen LogP contribution in [0.1, 0.15) is 62.4 Å². The summed E-state index contributed by atoms with van der Waals surface area (Å²) in [6, 6.07) is 22.9. The average Bonchev–Trinajstić information content (AvgIpc) is 3.05. The smallest absolute Gasteiger partial charge is 0.224 e. The first kappa shape index (κ1) is 24.8. The third kappa shape index (κ3) is 4.78. The number of hydrogen-bond donors (Lipinski definition) is 2. The SMILES string of the molecule is COc1ccc(C2(c3ccc(CC(=O)NC(C)(C)C)cc3)NC(C)(C)c3cc(OC)ccc32)cc1. The number of methoxy groups -OCH3 is 2. The van der Waals surface area contributed by atoms with E-state index in [4.69, 9.17) is 9.47 Å². The minimum absolute atomic E-state index is 0.0210. The number of ether oxygens (including phenoxy) is 2. The van der Waals surface area contributed by atoms with Crippen LogP contribution in [0.4, 0.5) is 0 Å². The maximum Gasteiger partial charge on any atom is 0.224 e. The van der Waals surface area contributed by atoms with Crippen molar-refractivity contribution in [1.82, 2.24) is 10.6 Å². The Hall–Kier alpha value is -3.31. The Labute approximate surface area is 208 Å². The van der Waals surface area contributed by atoms with Crippen molar-refractivity contribution in [3.8, 4) is 11.5 Å². The van der Waals surface area contributed by atoms with Gasteiger partial charge in [0.2, 0.25) is 5.91 Å². The van der Waals surface area contributed by atoms with Crippen LogP contribution >= 0.6 is 0 Å². The van der Waals surface area contributed by atoms with Gasteiger partial charge in [0.05, 0.1) is 26.2 Å². The molecule has 1 amide bonds. The Morgan fingerprint density at radius 2 is 1.37 bits per heavy atom. The first-order valence-electron chi connectivity index (χ1n) is 12.0. The molecule has 0 radical (unpaired) electrons. The molecule has 5 heteroatoms. The first-order valence-corrected chi connectivity index (χ1v) is 12.0. The van der Waals surface area contributed by atoms with Crippen molar-refractivity contribution in [3.05, 3.63) is 94.5 Å².